The molecule has 0 bridgehead atoms. The van der Waals surface area contributed by atoms with Gasteiger partial charge in [0.15, 0.2) is 0 Å². The van der Waals surface area contributed by atoms with Crippen LogP contribution in [0.3, 0.4) is 0 Å². The first kappa shape index (κ1) is 22.2. The fourth-order valence-electron chi connectivity index (χ4n) is 4.39. The number of fused-ring (bicyclic) bond motifs is 3. The van der Waals surface area contributed by atoms with Gasteiger partial charge in [0.25, 0.3) is 0 Å². The van der Waals surface area contributed by atoms with Crippen LogP contribution in [0, 0.1) is 11.6 Å². The molecule has 172 valence electrons. The van der Waals surface area contributed by atoms with Crippen LogP contribution in [0.2, 0.25) is 0 Å². The summed E-state index contributed by atoms with van der Waals surface area (Å²) in [4.78, 5) is 28.2. The van der Waals surface area contributed by atoms with Crippen LogP contribution >= 0.6 is 11.8 Å². The molecule has 0 spiro atoms. The highest BCUT2D eigenvalue weighted by atomic mass is 32.2. The molecule has 1 atom stereocenters. The lowest BCUT2D eigenvalue weighted by Crippen LogP contribution is -2.44. The van der Waals surface area contributed by atoms with Gasteiger partial charge in [-0.1, -0.05) is 60.3 Å². The van der Waals surface area contributed by atoms with Crippen molar-refractivity contribution in [2.75, 3.05) is 10.7 Å². The lowest BCUT2D eigenvalue weighted by molar-refractivity contribution is -0.126. The molecule has 4 aromatic rings. The summed E-state index contributed by atoms with van der Waals surface area (Å²) >= 11 is 1.31. The van der Waals surface area contributed by atoms with E-state index in [0.717, 1.165) is 33.6 Å². The molecule has 0 fully saturated rings. The number of hydrogen-bond donors (Lipinski definition) is 1. The molecule has 5 nitrogen and oxygen atoms in total. The lowest BCUT2D eigenvalue weighted by Gasteiger charge is -2.30. The average Bonchev–Trinajstić information content (AvgIpc) is 3.02. The Kier molecular flexibility index (Phi) is 5.83. The van der Waals surface area contributed by atoms with Gasteiger partial charge in [-0.05, 0) is 23.8 Å². The third kappa shape index (κ3) is 3.84. The van der Waals surface area contributed by atoms with Crippen molar-refractivity contribution >= 4 is 40.2 Å². The van der Waals surface area contributed by atoms with Crippen molar-refractivity contribution in [1.29, 1.82) is 0 Å². The van der Waals surface area contributed by atoms with Gasteiger partial charge in [0.2, 0.25) is 11.8 Å². The number of benzene rings is 3. The van der Waals surface area contributed by atoms with E-state index in [1.165, 1.54) is 22.7 Å². The molecule has 1 aromatic heterocycles. The summed E-state index contributed by atoms with van der Waals surface area (Å²) in [7, 11) is 1.88. The molecule has 0 aliphatic carbocycles. The minimum absolute atomic E-state index is 0.0104. The van der Waals surface area contributed by atoms with Gasteiger partial charge < -0.3 is 9.88 Å². The molecule has 1 N–H and O–H groups in total. The standard InChI is InChI=1S/C26H21F2N3O2S/c1-30-20-10-6-5-9-18(20)23-24(25(33)29-14-16-7-3-2-4-8-16)31(22(32)15-34-26(23)30)21-12-11-17(27)13-19(21)28/h2-13,24H,14-15H2,1H3,(H,29,33). The Labute approximate surface area is 199 Å². The molecular formula is C26H21F2N3O2S. The predicted octanol–water partition coefficient (Wildman–Crippen LogP) is 4.95. The number of hydrogen-bond acceptors (Lipinski definition) is 3. The quantitative estimate of drug-likeness (QED) is 0.452. The number of carbonyl (C=O) groups excluding carboxylic acids is 2. The van der Waals surface area contributed by atoms with E-state index in [1.807, 2.05) is 66.2 Å². The van der Waals surface area contributed by atoms with Gasteiger partial charge >= 0.3 is 0 Å². The highest BCUT2D eigenvalue weighted by Gasteiger charge is 2.40. The first-order chi connectivity index (χ1) is 16.5. The SMILES string of the molecule is Cn1c2c(c3ccccc31)C(C(=O)NCc1ccccc1)N(c1ccc(F)cc1F)C(=O)CS2. The van der Waals surface area contributed by atoms with E-state index in [1.54, 1.807) is 0 Å². The van der Waals surface area contributed by atoms with Crippen LogP contribution in [0.4, 0.5) is 14.5 Å². The molecule has 0 saturated carbocycles. The molecule has 34 heavy (non-hydrogen) atoms. The van der Waals surface area contributed by atoms with Crippen LogP contribution in [0.15, 0.2) is 77.8 Å². The van der Waals surface area contributed by atoms with Crippen molar-refractivity contribution in [1.82, 2.24) is 9.88 Å². The van der Waals surface area contributed by atoms with E-state index in [0.29, 0.717) is 5.56 Å². The Hall–Kier alpha value is -3.65. The zero-order valence-corrected chi connectivity index (χ0v) is 19.1. The van der Waals surface area contributed by atoms with E-state index >= 15 is 0 Å². The number of carbonyl (C=O) groups is 2. The number of thioether (sulfide) groups is 1. The maximum absolute atomic E-state index is 14.9. The van der Waals surface area contributed by atoms with Gasteiger partial charge in [-0.2, -0.15) is 0 Å². The van der Waals surface area contributed by atoms with Gasteiger partial charge in [0.05, 0.1) is 16.5 Å². The number of aromatic nitrogens is 1. The Morgan fingerprint density at radius 3 is 2.56 bits per heavy atom. The molecule has 8 heteroatoms. The number of rotatable bonds is 4. The Bertz CT molecular complexity index is 1400. The third-order valence-corrected chi connectivity index (χ3v) is 7.11. The summed E-state index contributed by atoms with van der Waals surface area (Å²) in [5, 5.41) is 4.48. The highest BCUT2D eigenvalue weighted by molar-refractivity contribution is 8.00. The molecule has 0 radical (unpaired) electrons. The maximum atomic E-state index is 14.9. The fourth-order valence-corrected chi connectivity index (χ4v) is 5.46. The van der Waals surface area contributed by atoms with Crippen LogP contribution in [-0.2, 0) is 23.2 Å². The summed E-state index contributed by atoms with van der Waals surface area (Å²) < 4.78 is 30.6. The number of anilines is 1. The molecule has 2 amide bonds. The van der Waals surface area contributed by atoms with Gasteiger partial charge in [-0.3, -0.25) is 14.5 Å². The van der Waals surface area contributed by atoms with Gasteiger partial charge in [-0.25, -0.2) is 8.78 Å². The van der Waals surface area contributed by atoms with Crippen molar-refractivity contribution < 1.29 is 18.4 Å². The summed E-state index contributed by atoms with van der Waals surface area (Å²) in [6, 6.07) is 18.9. The van der Waals surface area contributed by atoms with Crippen LogP contribution < -0.4 is 10.2 Å². The van der Waals surface area contributed by atoms with Crippen LogP contribution in [0.5, 0.6) is 0 Å². The number of amides is 2. The summed E-state index contributed by atoms with van der Waals surface area (Å²) in [5.41, 5.74) is 2.29. The highest BCUT2D eigenvalue weighted by Crippen LogP contribution is 2.43. The Balaban J connectivity index is 1.67. The third-order valence-electron chi connectivity index (χ3n) is 5.95. The number of aryl methyl sites for hydroxylation is 1. The molecule has 5 rings (SSSR count). The van der Waals surface area contributed by atoms with E-state index in [2.05, 4.69) is 5.32 Å². The lowest BCUT2D eigenvalue weighted by atomic mass is 10.0. The van der Waals surface area contributed by atoms with Crippen molar-refractivity contribution in [2.45, 2.75) is 17.6 Å². The summed E-state index contributed by atoms with van der Waals surface area (Å²) in [6.45, 7) is 0.247. The van der Waals surface area contributed by atoms with Crippen LogP contribution in [-0.4, -0.2) is 22.1 Å². The molecular weight excluding hydrogens is 456 g/mol. The zero-order valence-electron chi connectivity index (χ0n) is 18.3. The van der Waals surface area contributed by atoms with Gasteiger partial charge in [0.1, 0.15) is 17.7 Å². The first-order valence-corrected chi connectivity index (χ1v) is 11.7. The first-order valence-electron chi connectivity index (χ1n) is 10.7. The van der Waals surface area contributed by atoms with E-state index < -0.39 is 29.5 Å². The van der Waals surface area contributed by atoms with Gasteiger partial charge in [-0.15, -0.1) is 0 Å². The average molecular weight is 478 g/mol. The van der Waals surface area contributed by atoms with Gasteiger partial charge in [0, 0.05) is 36.1 Å². The second-order valence-corrected chi connectivity index (χ2v) is 9.01. The molecule has 1 unspecified atom stereocenters. The van der Waals surface area contributed by atoms with Crippen molar-refractivity contribution in [3.8, 4) is 0 Å². The second-order valence-electron chi connectivity index (χ2n) is 8.05. The number of nitrogens with one attached hydrogen (secondary N) is 1. The number of para-hydroxylation sites is 1. The minimum atomic E-state index is -1.13. The largest absolute Gasteiger partial charge is 0.350 e. The maximum Gasteiger partial charge on any atom is 0.248 e. The smallest absolute Gasteiger partial charge is 0.248 e. The Morgan fingerprint density at radius 1 is 1.06 bits per heavy atom. The fraction of sp³-hybridized carbons (Fsp3) is 0.154. The Morgan fingerprint density at radius 2 is 1.79 bits per heavy atom. The minimum Gasteiger partial charge on any atom is -0.350 e. The molecule has 3 aromatic carbocycles. The van der Waals surface area contributed by atoms with Crippen molar-refractivity contribution in [2.24, 2.45) is 7.05 Å². The monoisotopic (exact) mass is 477 g/mol. The topological polar surface area (TPSA) is 54.3 Å². The van der Waals surface area contributed by atoms with E-state index in [-0.39, 0.29) is 18.0 Å². The molecule has 0 saturated heterocycles. The normalized spacial score (nSPS) is 15.8. The van der Waals surface area contributed by atoms with E-state index in [9.17, 15) is 18.4 Å². The van der Waals surface area contributed by atoms with Crippen molar-refractivity contribution in [3.63, 3.8) is 0 Å². The number of halogens is 2. The molecule has 2 heterocycles. The summed E-state index contributed by atoms with van der Waals surface area (Å²) in [5.74, 6) is -2.52. The molecule has 1 aliphatic rings. The predicted molar refractivity (Wildman–Crippen MR) is 129 cm³/mol. The van der Waals surface area contributed by atoms with Crippen molar-refractivity contribution in [3.05, 3.63) is 95.6 Å². The number of nitrogens with zero attached hydrogens (tertiary/aromatic N) is 2. The van der Waals surface area contributed by atoms with Crippen LogP contribution in [0.25, 0.3) is 10.9 Å². The molecule has 1 aliphatic heterocycles. The van der Waals surface area contributed by atoms with E-state index in [4.69, 9.17) is 0 Å². The zero-order chi connectivity index (χ0) is 23.8. The second kappa shape index (κ2) is 8.95. The summed E-state index contributed by atoms with van der Waals surface area (Å²) in [6.07, 6.45) is 0. The van der Waals surface area contributed by atoms with Crippen LogP contribution in [0.1, 0.15) is 17.2 Å².